The first-order valence-corrected chi connectivity index (χ1v) is 8.99. The number of halogens is 2. The molecule has 0 aliphatic carbocycles. The lowest BCUT2D eigenvalue weighted by Gasteiger charge is -2.33. The summed E-state index contributed by atoms with van der Waals surface area (Å²) in [6, 6.07) is 10.2. The fraction of sp³-hybridized carbons (Fsp3) is 0.350. The molecule has 0 atom stereocenters. The number of benzene rings is 2. The molecule has 1 saturated heterocycles. The van der Waals surface area contributed by atoms with Gasteiger partial charge in [-0.15, -0.1) is 0 Å². The molecule has 2 amide bonds. The van der Waals surface area contributed by atoms with Gasteiger partial charge in [0.2, 0.25) is 0 Å². The van der Waals surface area contributed by atoms with E-state index in [9.17, 15) is 18.7 Å². The molecule has 1 heterocycles. The van der Waals surface area contributed by atoms with Crippen LogP contribution in [0.2, 0.25) is 0 Å². The SMILES string of the molecule is O=C(NCc1ccc(N2CCC(CO)CC2)cc1)Nc1cc(F)cc(F)c1. The number of piperidine rings is 1. The van der Waals surface area contributed by atoms with Crippen molar-refractivity contribution in [3.05, 3.63) is 59.7 Å². The van der Waals surface area contributed by atoms with Crippen LogP contribution in [0.5, 0.6) is 0 Å². The zero-order valence-electron chi connectivity index (χ0n) is 14.9. The molecule has 27 heavy (non-hydrogen) atoms. The van der Waals surface area contributed by atoms with Crippen LogP contribution in [0.25, 0.3) is 0 Å². The molecule has 0 spiro atoms. The van der Waals surface area contributed by atoms with Crippen LogP contribution >= 0.6 is 0 Å². The summed E-state index contributed by atoms with van der Waals surface area (Å²) in [5, 5.41) is 14.3. The molecule has 3 rings (SSSR count). The van der Waals surface area contributed by atoms with Gasteiger partial charge in [0, 0.05) is 43.7 Å². The summed E-state index contributed by atoms with van der Waals surface area (Å²) < 4.78 is 26.3. The lowest BCUT2D eigenvalue weighted by Crippen LogP contribution is -2.34. The van der Waals surface area contributed by atoms with Gasteiger partial charge in [-0.1, -0.05) is 12.1 Å². The molecule has 7 heteroatoms. The third kappa shape index (κ3) is 5.40. The summed E-state index contributed by atoms with van der Waals surface area (Å²) in [7, 11) is 0. The maximum absolute atomic E-state index is 13.1. The number of aliphatic hydroxyl groups is 1. The van der Waals surface area contributed by atoms with Crippen molar-refractivity contribution in [2.24, 2.45) is 5.92 Å². The van der Waals surface area contributed by atoms with E-state index in [-0.39, 0.29) is 12.3 Å². The van der Waals surface area contributed by atoms with Gasteiger partial charge in [-0.3, -0.25) is 0 Å². The van der Waals surface area contributed by atoms with E-state index in [1.807, 2.05) is 24.3 Å². The summed E-state index contributed by atoms with van der Waals surface area (Å²) in [4.78, 5) is 14.2. The Balaban J connectivity index is 1.49. The summed E-state index contributed by atoms with van der Waals surface area (Å²) >= 11 is 0. The number of nitrogens with zero attached hydrogens (tertiary/aromatic N) is 1. The monoisotopic (exact) mass is 375 g/mol. The first kappa shape index (κ1) is 19.1. The van der Waals surface area contributed by atoms with Crippen LogP contribution in [0.3, 0.4) is 0 Å². The number of hydrogen-bond acceptors (Lipinski definition) is 3. The van der Waals surface area contributed by atoms with Gasteiger partial charge < -0.3 is 20.6 Å². The second kappa shape index (κ2) is 8.81. The number of carbonyl (C=O) groups excluding carboxylic acids is 1. The minimum atomic E-state index is -0.746. The van der Waals surface area contributed by atoms with E-state index in [1.165, 1.54) is 0 Å². The van der Waals surface area contributed by atoms with Gasteiger partial charge in [0.05, 0.1) is 0 Å². The standard InChI is InChI=1S/C20H23F2N3O2/c21-16-9-17(22)11-18(10-16)24-20(27)23-12-14-1-3-19(4-2-14)25-7-5-15(13-26)6-8-25/h1-4,9-11,15,26H,5-8,12-13H2,(H2,23,24,27). The predicted molar refractivity (Wildman–Crippen MR) is 101 cm³/mol. The highest BCUT2D eigenvalue weighted by molar-refractivity contribution is 5.89. The van der Waals surface area contributed by atoms with Crippen molar-refractivity contribution in [3.8, 4) is 0 Å². The van der Waals surface area contributed by atoms with Gasteiger partial charge in [0.1, 0.15) is 11.6 Å². The molecule has 2 aromatic rings. The van der Waals surface area contributed by atoms with Gasteiger partial charge in [-0.2, -0.15) is 0 Å². The first-order valence-electron chi connectivity index (χ1n) is 8.99. The zero-order chi connectivity index (χ0) is 19.2. The molecule has 0 radical (unpaired) electrons. The second-order valence-corrected chi connectivity index (χ2v) is 6.75. The number of carbonyl (C=O) groups is 1. The lowest BCUT2D eigenvalue weighted by molar-refractivity contribution is 0.203. The molecule has 0 aromatic heterocycles. The highest BCUT2D eigenvalue weighted by atomic mass is 19.1. The average Bonchev–Trinajstić information content (AvgIpc) is 2.66. The number of urea groups is 1. The van der Waals surface area contributed by atoms with Crippen molar-refractivity contribution in [1.29, 1.82) is 0 Å². The number of nitrogens with one attached hydrogen (secondary N) is 2. The third-order valence-electron chi connectivity index (χ3n) is 4.75. The highest BCUT2D eigenvalue weighted by Crippen LogP contribution is 2.23. The van der Waals surface area contributed by atoms with E-state index >= 15 is 0 Å². The lowest BCUT2D eigenvalue weighted by atomic mass is 9.97. The molecular weight excluding hydrogens is 352 g/mol. The van der Waals surface area contributed by atoms with Gasteiger partial charge in [-0.25, -0.2) is 13.6 Å². The van der Waals surface area contributed by atoms with Crippen LogP contribution in [0.15, 0.2) is 42.5 Å². The van der Waals surface area contributed by atoms with Crippen molar-refractivity contribution in [1.82, 2.24) is 5.32 Å². The van der Waals surface area contributed by atoms with Crippen LogP contribution in [0.4, 0.5) is 25.0 Å². The molecule has 0 unspecified atom stereocenters. The fourth-order valence-corrected chi connectivity index (χ4v) is 3.18. The number of aliphatic hydroxyl groups excluding tert-OH is 1. The minimum Gasteiger partial charge on any atom is -0.396 e. The molecule has 2 aromatic carbocycles. The largest absolute Gasteiger partial charge is 0.396 e. The number of rotatable bonds is 5. The normalized spacial score (nSPS) is 14.9. The van der Waals surface area contributed by atoms with Gasteiger partial charge in [0.15, 0.2) is 0 Å². The van der Waals surface area contributed by atoms with Crippen molar-refractivity contribution < 1.29 is 18.7 Å². The average molecular weight is 375 g/mol. The number of hydrogen-bond donors (Lipinski definition) is 3. The van der Waals surface area contributed by atoms with E-state index in [4.69, 9.17) is 0 Å². The molecule has 144 valence electrons. The van der Waals surface area contributed by atoms with Crippen LogP contribution < -0.4 is 15.5 Å². The summed E-state index contributed by atoms with van der Waals surface area (Å²) in [5.41, 5.74) is 2.10. The molecule has 1 aliphatic rings. The quantitative estimate of drug-likeness (QED) is 0.750. The maximum Gasteiger partial charge on any atom is 0.319 e. The van der Waals surface area contributed by atoms with Crippen molar-refractivity contribution in [3.63, 3.8) is 0 Å². The van der Waals surface area contributed by atoms with E-state index in [0.717, 1.165) is 55.4 Å². The molecular formula is C20H23F2N3O2. The Morgan fingerprint density at radius 3 is 2.30 bits per heavy atom. The molecule has 0 bridgehead atoms. The predicted octanol–water partition coefficient (Wildman–Crippen LogP) is 3.50. The van der Waals surface area contributed by atoms with Crippen LogP contribution in [0.1, 0.15) is 18.4 Å². The van der Waals surface area contributed by atoms with E-state index in [0.29, 0.717) is 12.5 Å². The van der Waals surface area contributed by atoms with Crippen LogP contribution in [-0.2, 0) is 6.54 Å². The van der Waals surface area contributed by atoms with Crippen LogP contribution in [0, 0.1) is 17.6 Å². The highest BCUT2D eigenvalue weighted by Gasteiger charge is 2.18. The molecule has 1 fully saturated rings. The summed E-state index contributed by atoms with van der Waals surface area (Å²) in [6.45, 7) is 2.41. The third-order valence-corrected chi connectivity index (χ3v) is 4.75. The maximum atomic E-state index is 13.1. The fourth-order valence-electron chi connectivity index (χ4n) is 3.18. The van der Waals surface area contributed by atoms with Gasteiger partial charge >= 0.3 is 6.03 Å². The molecule has 3 N–H and O–H groups in total. The van der Waals surface area contributed by atoms with Crippen molar-refractivity contribution >= 4 is 17.4 Å². The Bertz CT molecular complexity index is 755. The molecule has 5 nitrogen and oxygen atoms in total. The topological polar surface area (TPSA) is 64.6 Å². The Hall–Kier alpha value is -2.67. The number of amides is 2. The Labute approximate surface area is 157 Å². The van der Waals surface area contributed by atoms with Gasteiger partial charge in [-0.05, 0) is 48.6 Å². The Kier molecular flexibility index (Phi) is 6.24. The number of anilines is 2. The first-order chi connectivity index (χ1) is 13.0. The zero-order valence-corrected chi connectivity index (χ0v) is 14.9. The summed E-state index contributed by atoms with van der Waals surface area (Å²) in [5.74, 6) is -1.09. The summed E-state index contributed by atoms with van der Waals surface area (Å²) in [6.07, 6.45) is 1.97. The van der Waals surface area contributed by atoms with Crippen LogP contribution in [-0.4, -0.2) is 30.8 Å². The second-order valence-electron chi connectivity index (χ2n) is 6.75. The van der Waals surface area contributed by atoms with Gasteiger partial charge in [0.25, 0.3) is 0 Å². The van der Waals surface area contributed by atoms with Crippen molar-refractivity contribution in [2.45, 2.75) is 19.4 Å². The Morgan fingerprint density at radius 1 is 1.07 bits per heavy atom. The van der Waals surface area contributed by atoms with Crippen molar-refractivity contribution in [2.75, 3.05) is 29.9 Å². The van der Waals surface area contributed by atoms with E-state index in [2.05, 4.69) is 15.5 Å². The molecule has 0 saturated carbocycles. The smallest absolute Gasteiger partial charge is 0.319 e. The van der Waals surface area contributed by atoms with E-state index in [1.54, 1.807) is 0 Å². The minimum absolute atomic E-state index is 0.0617. The Morgan fingerprint density at radius 2 is 1.70 bits per heavy atom. The molecule has 1 aliphatic heterocycles. The van der Waals surface area contributed by atoms with E-state index < -0.39 is 17.7 Å².